The summed E-state index contributed by atoms with van der Waals surface area (Å²) in [5.41, 5.74) is 2.20. The average molecular weight is 297 g/mol. The molecule has 0 spiro atoms. The fraction of sp³-hybridized carbons (Fsp3) is 0.333. The largest absolute Gasteiger partial charge is 0.435 e. The van der Waals surface area contributed by atoms with Crippen LogP contribution < -0.4 is 10.1 Å². The van der Waals surface area contributed by atoms with Crippen LogP contribution in [0.1, 0.15) is 29.0 Å². The molecule has 1 atom stereocenters. The lowest BCUT2D eigenvalue weighted by atomic mass is 10.1. The van der Waals surface area contributed by atoms with Crippen LogP contribution in [0, 0.1) is 6.92 Å². The second kappa shape index (κ2) is 6.81. The van der Waals surface area contributed by atoms with Crippen LogP contribution in [0.5, 0.6) is 5.75 Å². The van der Waals surface area contributed by atoms with Crippen LogP contribution in [0.15, 0.2) is 35.7 Å². The number of nitrogens with one attached hydrogen (secondary N) is 1. The van der Waals surface area contributed by atoms with Crippen LogP contribution >= 0.6 is 11.3 Å². The van der Waals surface area contributed by atoms with Crippen LogP contribution in [-0.4, -0.2) is 6.61 Å². The van der Waals surface area contributed by atoms with Crippen molar-refractivity contribution in [3.63, 3.8) is 0 Å². The number of aryl methyl sites for hydroxylation is 1. The molecule has 0 bridgehead atoms. The molecule has 2 rings (SSSR count). The van der Waals surface area contributed by atoms with Gasteiger partial charge in [-0.15, -0.1) is 11.3 Å². The second-order valence-electron chi connectivity index (χ2n) is 4.58. The average Bonchev–Trinajstić information content (AvgIpc) is 2.81. The number of rotatable bonds is 6. The van der Waals surface area contributed by atoms with E-state index >= 15 is 0 Å². The van der Waals surface area contributed by atoms with Crippen LogP contribution in [0.4, 0.5) is 8.78 Å². The van der Waals surface area contributed by atoms with Gasteiger partial charge < -0.3 is 10.1 Å². The number of benzene rings is 1. The van der Waals surface area contributed by atoms with Gasteiger partial charge in [-0.05, 0) is 48.6 Å². The topological polar surface area (TPSA) is 21.3 Å². The van der Waals surface area contributed by atoms with Crippen molar-refractivity contribution in [2.45, 2.75) is 33.0 Å². The Hall–Kier alpha value is -1.46. The number of ether oxygens (including phenoxy) is 1. The molecular formula is C15H17F2NOS. The zero-order valence-electron chi connectivity index (χ0n) is 11.4. The van der Waals surface area contributed by atoms with Crippen molar-refractivity contribution in [1.29, 1.82) is 0 Å². The Morgan fingerprint density at radius 3 is 2.75 bits per heavy atom. The highest BCUT2D eigenvalue weighted by molar-refractivity contribution is 7.10. The maximum atomic E-state index is 12.2. The van der Waals surface area contributed by atoms with E-state index in [1.165, 1.54) is 16.5 Å². The highest BCUT2D eigenvalue weighted by Crippen LogP contribution is 2.22. The van der Waals surface area contributed by atoms with Gasteiger partial charge >= 0.3 is 6.61 Å². The van der Waals surface area contributed by atoms with Crippen molar-refractivity contribution >= 4 is 11.3 Å². The minimum absolute atomic E-state index is 0.0673. The molecule has 0 aliphatic carbocycles. The summed E-state index contributed by atoms with van der Waals surface area (Å²) >= 11 is 1.71. The lowest BCUT2D eigenvalue weighted by molar-refractivity contribution is -0.0499. The first-order valence-corrected chi connectivity index (χ1v) is 7.25. The van der Waals surface area contributed by atoms with E-state index in [1.54, 1.807) is 23.5 Å². The number of halogens is 2. The molecule has 1 unspecified atom stereocenters. The number of hydrogen-bond acceptors (Lipinski definition) is 3. The molecule has 0 saturated heterocycles. The first-order valence-electron chi connectivity index (χ1n) is 6.37. The highest BCUT2D eigenvalue weighted by Gasteiger charge is 2.09. The molecular weight excluding hydrogens is 280 g/mol. The summed E-state index contributed by atoms with van der Waals surface area (Å²) < 4.78 is 28.8. The zero-order chi connectivity index (χ0) is 14.5. The number of alkyl halides is 2. The maximum absolute atomic E-state index is 12.2. The van der Waals surface area contributed by atoms with E-state index in [9.17, 15) is 8.78 Å². The van der Waals surface area contributed by atoms with Crippen molar-refractivity contribution in [1.82, 2.24) is 5.32 Å². The van der Waals surface area contributed by atoms with E-state index in [2.05, 4.69) is 28.4 Å². The van der Waals surface area contributed by atoms with Crippen LogP contribution in [-0.2, 0) is 6.54 Å². The molecule has 20 heavy (non-hydrogen) atoms. The molecule has 0 radical (unpaired) electrons. The summed E-state index contributed by atoms with van der Waals surface area (Å²) in [7, 11) is 0. The molecule has 2 aromatic rings. The molecule has 1 aromatic heterocycles. The van der Waals surface area contributed by atoms with Gasteiger partial charge in [0.2, 0.25) is 0 Å². The van der Waals surface area contributed by atoms with Gasteiger partial charge in [-0.3, -0.25) is 0 Å². The standard InChI is InChI=1S/C15H17F2NOS/c1-10-6-7-20-14(10)9-18-11(2)12-4-3-5-13(8-12)19-15(16)17/h3-8,11,15,18H,9H2,1-2H3. The lowest BCUT2D eigenvalue weighted by Crippen LogP contribution is -2.18. The summed E-state index contributed by atoms with van der Waals surface area (Å²) in [6, 6.07) is 8.96. The molecule has 1 N–H and O–H groups in total. The van der Waals surface area contributed by atoms with Crippen molar-refractivity contribution in [2.75, 3.05) is 0 Å². The first kappa shape index (κ1) is 14.9. The summed E-state index contributed by atoms with van der Waals surface area (Å²) in [5, 5.41) is 5.45. The van der Waals surface area contributed by atoms with Gasteiger partial charge in [0.05, 0.1) is 0 Å². The molecule has 0 amide bonds. The van der Waals surface area contributed by atoms with Gasteiger partial charge in [0.25, 0.3) is 0 Å². The third-order valence-corrected chi connectivity index (χ3v) is 4.14. The SMILES string of the molecule is Cc1ccsc1CNC(C)c1cccc(OC(F)F)c1. The maximum Gasteiger partial charge on any atom is 0.387 e. The number of hydrogen-bond donors (Lipinski definition) is 1. The predicted octanol–water partition coefficient (Wildman–Crippen LogP) is 4.51. The molecule has 108 valence electrons. The fourth-order valence-corrected chi connectivity index (χ4v) is 2.77. The highest BCUT2D eigenvalue weighted by atomic mass is 32.1. The summed E-state index contributed by atoms with van der Waals surface area (Å²) in [6.07, 6.45) is 0. The molecule has 0 aliphatic heterocycles. The van der Waals surface area contributed by atoms with Gasteiger partial charge in [-0.1, -0.05) is 12.1 Å². The Kier molecular flexibility index (Phi) is 5.09. The molecule has 0 saturated carbocycles. The van der Waals surface area contributed by atoms with Crippen LogP contribution in [0.2, 0.25) is 0 Å². The normalized spacial score (nSPS) is 12.7. The summed E-state index contributed by atoms with van der Waals surface area (Å²) in [5.74, 6) is 0.193. The molecule has 5 heteroatoms. The van der Waals surface area contributed by atoms with E-state index < -0.39 is 6.61 Å². The molecule has 0 aliphatic rings. The van der Waals surface area contributed by atoms with Crippen molar-refractivity contribution in [3.05, 3.63) is 51.7 Å². The Morgan fingerprint density at radius 1 is 1.30 bits per heavy atom. The zero-order valence-corrected chi connectivity index (χ0v) is 12.2. The predicted molar refractivity (Wildman–Crippen MR) is 77.4 cm³/mol. The van der Waals surface area contributed by atoms with E-state index in [0.717, 1.165) is 12.1 Å². The van der Waals surface area contributed by atoms with E-state index in [0.29, 0.717) is 0 Å². The Balaban J connectivity index is 1.98. The smallest absolute Gasteiger partial charge is 0.387 e. The van der Waals surface area contributed by atoms with Crippen LogP contribution in [0.3, 0.4) is 0 Å². The third kappa shape index (κ3) is 4.02. The summed E-state index contributed by atoms with van der Waals surface area (Å²) in [6.45, 7) is 2.06. The van der Waals surface area contributed by atoms with Crippen molar-refractivity contribution in [2.24, 2.45) is 0 Å². The van der Waals surface area contributed by atoms with E-state index in [-0.39, 0.29) is 11.8 Å². The van der Waals surface area contributed by atoms with E-state index in [4.69, 9.17) is 0 Å². The Labute approximate surface area is 121 Å². The lowest BCUT2D eigenvalue weighted by Gasteiger charge is -2.15. The molecule has 0 fully saturated rings. The minimum atomic E-state index is -2.79. The Morgan fingerprint density at radius 2 is 2.10 bits per heavy atom. The monoisotopic (exact) mass is 297 g/mol. The fourth-order valence-electron chi connectivity index (χ4n) is 1.91. The van der Waals surface area contributed by atoms with Gasteiger partial charge in [-0.25, -0.2) is 0 Å². The third-order valence-electron chi connectivity index (χ3n) is 3.12. The van der Waals surface area contributed by atoms with Crippen LogP contribution in [0.25, 0.3) is 0 Å². The van der Waals surface area contributed by atoms with Gasteiger partial charge in [0, 0.05) is 17.5 Å². The van der Waals surface area contributed by atoms with Gasteiger partial charge in [0.1, 0.15) is 5.75 Å². The van der Waals surface area contributed by atoms with Gasteiger partial charge in [-0.2, -0.15) is 8.78 Å². The van der Waals surface area contributed by atoms with Crippen molar-refractivity contribution < 1.29 is 13.5 Å². The molecule has 2 nitrogen and oxygen atoms in total. The Bertz CT molecular complexity index is 556. The quantitative estimate of drug-likeness (QED) is 0.847. The summed E-state index contributed by atoms with van der Waals surface area (Å²) in [4.78, 5) is 1.29. The van der Waals surface area contributed by atoms with E-state index in [1.807, 2.05) is 13.0 Å². The minimum Gasteiger partial charge on any atom is -0.435 e. The van der Waals surface area contributed by atoms with Crippen molar-refractivity contribution in [3.8, 4) is 5.75 Å². The molecule has 1 aromatic carbocycles. The number of thiophene rings is 1. The second-order valence-corrected chi connectivity index (χ2v) is 5.58. The molecule has 1 heterocycles. The first-order chi connectivity index (χ1) is 9.56. The van der Waals surface area contributed by atoms with Gasteiger partial charge in [0.15, 0.2) is 0 Å².